The molecule has 0 saturated carbocycles. The smallest absolute Gasteiger partial charge is 0.227 e. The van der Waals surface area contributed by atoms with Gasteiger partial charge in [0.05, 0.1) is 12.0 Å². The van der Waals surface area contributed by atoms with Crippen molar-refractivity contribution in [1.82, 2.24) is 14.8 Å². The van der Waals surface area contributed by atoms with Crippen molar-refractivity contribution in [1.29, 1.82) is 0 Å². The van der Waals surface area contributed by atoms with Crippen molar-refractivity contribution in [2.45, 2.75) is 31.0 Å². The van der Waals surface area contributed by atoms with Crippen LogP contribution in [0.2, 0.25) is 0 Å². The van der Waals surface area contributed by atoms with Gasteiger partial charge in [-0.1, -0.05) is 67.2 Å². The maximum absolute atomic E-state index is 12.6. The highest BCUT2D eigenvalue weighted by molar-refractivity contribution is 7.99. The van der Waals surface area contributed by atoms with E-state index in [1.165, 1.54) is 0 Å². The largest absolute Gasteiger partial charge is 0.328 e. The van der Waals surface area contributed by atoms with Gasteiger partial charge in [-0.25, -0.2) is 4.68 Å². The molecule has 0 amide bonds. The number of thioether (sulfide) groups is 1. The zero-order valence-electron chi connectivity index (χ0n) is 14.1. The van der Waals surface area contributed by atoms with Crippen molar-refractivity contribution in [2.24, 2.45) is 5.92 Å². The van der Waals surface area contributed by atoms with Gasteiger partial charge in [0, 0.05) is 12.1 Å². The van der Waals surface area contributed by atoms with Crippen LogP contribution in [-0.2, 0) is 4.79 Å². The number of anilines is 1. The lowest BCUT2D eigenvalue weighted by atomic mass is 9.83. The number of hydrogen-bond acceptors (Lipinski definition) is 5. The van der Waals surface area contributed by atoms with Gasteiger partial charge < -0.3 is 5.32 Å². The molecule has 0 bridgehead atoms. The van der Waals surface area contributed by atoms with Crippen molar-refractivity contribution in [2.75, 3.05) is 11.1 Å². The molecular formula is C19H20N4OS. The third-order valence-electron chi connectivity index (χ3n) is 4.49. The predicted octanol–water partition coefficient (Wildman–Crippen LogP) is 3.93. The molecule has 2 atom stereocenters. The number of aromatic nitrogens is 3. The van der Waals surface area contributed by atoms with Crippen molar-refractivity contribution in [3.63, 3.8) is 0 Å². The number of carbonyl (C=O) groups is 1. The summed E-state index contributed by atoms with van der Waals surface area (Å²) in [4.78, 5) is 17.2. The van der Waals surface area contributed by atoms with Gasteiger partial charge in [0.2, 0.25) is 11.1 Å². The molecular weight excluding hydrogens is 332 g/mol. The van der Waals surface area contributed by atoms with Gasteiger partial charge in [-0.15, -0.1) is 5.10 Å². The Kier molecular flexibility index (Phi) is 4.44. The number of hydrogen-bond donors (Lipinski definition) is 1. The number of Topliss-reactive ketones (excluding diaryl/α,β-unsaturated/α-hetero) is 1. The highest BCUT2D eigenvalue weighted by atomic mass is 32.2. The maximum Gasteiger partial charge on any atom is 0.227 e. The van der Waals surface area contributed by atoms with Crippen LogP contribution in [0.25, 0.3) is 6.08 Å². The minimum atomic E-state index is -0.206. The molecule has 128 valence electrons. The highest BCUT2D eigenvalue weighted by Gasteiger charge is 2.39. The summed E-state index contributed by atoms with van der Waals surface area (Å²) in [6, 6.07) is 9.98. The molecule has 2 aliphatic rings. The average molecular weight is 352 g/mol. The van der Waals surface area contributed by atoms with E-state index in [1.54, 1.807) is 11.8 Å². The molecule has 6 heteroatoms. The average Bonchev–Trinajstić information content (AvgIpc) is 3.02. The summed E-state index contributed by atoms with van der Waals surface area (Å²) in [5.74, 6) is 1.69. The number of nitrogens with one attached hydrogen (secondary N) is 1. The summed E-state index contributed by atoms with van der Waals surface area (Å²) in [6.07, 6.45) is 7.65. The van der Waals surface area contributed by atoms with Crippen molar-refractivity contribution >= 4 is 29.6 Å². The third kappa shape index (κ3) is 3.14. The fraction of sp³-hybridized carbons (Fsp3) is 0.316. The molecule has 25 heavy (non-hydrogen) atoms. The second-order valence-electron chi connectivity index (χ2n) is 6.12. The SMILES string of the molecule is CCSc1nc2n(n1)[C@@H](/C=C/c1ccccc1)[C@@H]1C(=O)CCC=C1N2. The fourth-order valence-electron chi connectivity index (χ4n) is 3.35. The molecule has 1 aliphatic carbocycles. The van der Waals surface area contributed by atoms with Crippen LogP contribution in [0.4, 0.5) is 5.95 Å². The van der Waals surface area contributed by atoms with Crippen LogP contribution in [0, 0.1) is 5.92 Å². The molecule has 0 saturated heterocycles. The minimum absolute atomic E-state index is 0.144. The van der Waals surface area contributed by atoms with Gasteiger partial charge in [0.15, 0.2) is 0 Å². The summed E-state index contributed by atoms with van der Waals surface area (Å²) >= 11 is 1.61. The van der Waals surface area contributed by atoms with Crippen LogP contribution in [0.3, 0.4) is 0 Å². The molecule has 5 nitrogen and oxygen atoms in total. The lowest BCUT2D eigenvalue weighted by molar-refractivity contribution is -0.123. The van der Waals surface area contributed by atoms with Crippen molar-refractivity contribution in [3.05, 3.63) is 53.7 Å². The minimum Gasteiger partial charge on any atom is -0.328 e. The number of allylic oxidation sites excluding steroid dienone is 3. The van der Waals surface area contributed by atoms with Crippen LogP contribution in [0.1, 0.15) is 31.4 Å². The first-order chi connectivity index (χ1) is 12.3. The van der Waals surface area contributed by atoms with Crippen molar-refractivity contribution < 1.29 is 4.79 Å². The van der Waals surface area contributed by atoms with E-state index in [0.29, 0.717) is 6.42 Å². The molecule has 0 radical (unpaired) electrons. The Hall–Kier alpha value is -2.34. The molecule has 4 rings (SSSR count). The number of benzene rings is 1. The molecule has 0 unspecified atom stereocenters. The summed E-state index contributed by atoms with van der Waals surface area (Å²) in [6.45, 7) is 2.08. The number of nitrogens with zero attached hydrogens (tertiary/aromatic N) is 3. The van der Waals surface area contributed by atoms with E-state index in [4.69, 9.17) is 0 Å². The Morgan fingerprint density at radius 3 is 3.00 bits per heavy atom. The second kappa shape index (κ2) is 6.88. The van der Waals surface area contributed by atoms with E-state index in [-0.39, 0.29) is 17.7 Å². The lowest BCUT2D eigenvalue weighted by Gasteiger charge is -2.34. The summed E-state index contributed by atoms with van der Waals surface area (Å²) in [7, 11) is 0. The molecule has 2 aromatic rings. The Morgan fingerprint density at radius 2 is 2.20 bits per heavy atom. The van der Waals surface area contributed by atoms with E-state index >= 15 is 0 Å². The van der Waals surface area contributed by atoms with E-state index in [9.17, 15) is 4.79 Å². The Morgan fingerprint density at radius 1 is 1.36 bits per heavy atom. The summed E-state index contributed by atoms with van der Waals surface area (Å²) < 4.78 is 1.86. The topological polar surface area (TPSA) is 59.8 Å². The molecule has 1 aromatic heterocycles. The van der Waals surface area contributed by atoms with Crippen LogP contribution < -0.4 is 5.32 Å². The van der Waals surface area contributed by atoms with Gasteiger partial charge in [-0.2, -0.15) is 4.98 Å². The van der Waals surface area contributed by atoms with E-state index in [1.807, 2.05) is 22.9 Å². The molecule has 1 aromatic carbocycles. The van der Waals surface area contributed by atoms with E-state index in [0.717, 1.165) is 34.5 Å². The van der Waals surface area contributed by atoms with Crippen LogP contribution in [-0.4, -0.2) is 26.3 Å². The maximum atomic E-state index is 12.6. The van der Waals surface area contributed by atoms with Crippen LogP contribution >= 0.6 is 11.8 Å². The van der Waals surface area contributed by atoms with Gasteiger partial charge in [0.25, 0.3) is 0 Å². The normalized spacial score (nSPS) is 22.3. The quantitative estimate of drug-likeness (QED) is 0.845. The molecule has 0 fully saturated rings. The molecule has 0 spiro atoms. The standard InChI is InChI=1S/C19H20N4OS/c1-2-25-19-21-18-20-14-9-6-10-16(24)17(14)15(23(18)22-19)12-11-13-7-4-3-5-8-13/h3-5,7-9,11-12,15,17H,2,6,10H2,1H3,(H,20,21,22)/b12-11+/t15-,17+/m0/s1. The van der Waals surface area contributed by atoms with Crippen molar-refractivity contribution in [3.8, 4) is 0 Å². The van der Waals surface area contributed by atoms with E-state index < -0.39 is 0 Å². The first-order valence-corrected chi connectivity index (χ1v) is 9.57. The van der Waals surface area contributed by atoms with E-state index in [2.05, 4.69) is 52.7 Å². The zero-order valence-corrected chi connectivity index (χ0v) is 14.9. The number of carbonyl (C=O) groups excluding carboxylic acids is 1. The van der Waals surface area contributed by atoms with Gasteiger partial charge in [-0.3, -0.25) is 4.79 Å². The van der Waals surface area contributed by atoms with Crippen LogP contribution in [0.5, 0.6) is 0 Å². The molecule has 1 N–H and O–H groups in total. The van der Waals surface area contributed by atoms with Gasteiger partial charge in [0.1, 0.15) is 5.78 Å². The summed E-state index contributed by atoms with van der Waals surface area (Å²) in [5, 5.41) is 8.70. The monoisotopic (exact) mass is 352 g/mol. The zero-order chi connectivity index (χ0) is 17.2. The molecule has 1 aliphatic heterocycles. The second-order valence-corrected chi connectivity index (χ2v) is 7.35. The first kappa shape index (κ1) is 16.1. The fourth-order valence-corrected chi connectivity index (χ4v) is 3.91. The predicted molar refractivity (Wildman–Crippen MR) is 100 cm³/mol. The van der Waals surface area contributed by atoms with Gasteiger partial charge >= 0.3 is 0 Å². The summed E-state index contributed by atoms with van der Waals surface area (Å²) in [5.41, 5.74) is 2.08. The number of fused-ring (bicyclic) bond motifs is 2. The highest BCUT2D eigenvalue weighted by Crippen LogP contribution is 2.39. The van der Waals surface area contributed by atoms with Crippen LogP contribution in [0.15, 0.2) is 53.3 Å². The Bertz CT molecular complexity index is 840. The Balaban J connectivity index is 1.75. The Labute approximate surface area is 151 Å². The number of rotatable bonds is 4. The lowest BCUT2D eigenvalue weighted by Crippen LogP contribution is -2.37. The molecule has 2 heterocycles. The van der Waals surface area contributed by atoms with Gasteiger partial charge in [-0.05, 0) is 17.7 Å². The third-order valence-corrected chi connectivity index (χ3v) is 5.21. The number of ketones is 1. The first-order valence-electron chi connectivity index (χ1n) is 8.58.